The van der Waals surface area contributed by atoms with Gasteiger partial charge in [0.05, 0.1) is 31.0 Å². The van der Waals surface area contributed by atoms with E-state index in [9.17, 15) is 17.8 Å². The molecule has 1 atom stereocenters. The fourth-order valence-corrected chi connectivity index (χ4v) is 4.64. The van der Waals surface area contributed by atoms with Crippen LogP contribution in [-0.4, -0.2) is 31.0 Å². The molecular weight excluding hydrogens is 450 g/mol. The van der Waals surface area contributed by atoms with Crippen molar-refractivity contribution in [2.45, 2.75) is 32.2 Å². The molecule has 0 fully saturated rings. The number of thiazole rings is 1. The lowest BCUT2D eigenvalue weighted by atomic mass is 10.0. The molecule has 10 heteroatoms. The summed E-state index contributed by atoms with van der Waals surface area (Å²) in [5.74, 6) is 0.473. The molecule has 32 heavy (non-hydrogen) atoms. The number of carbonyl (C=O) groups excluding carboxylic acids is 1. The first kappa shape index (κ1) is 23.7. The Labute approximate surface area is 191 Å². The van der Waals surface area contributed by atoms with Crippen molar-refractivity contribution in [3.63, 3.8) is 0 Å². The summed E-state index contributed by atoms with van der Waals surface area (Å²) in [6.45, 7) is 2.00. The number of methoxy groups -OCH3 is 1. The van der Waals surface area contributed by atoms with Crippen LogP contribution in [0.25, 0.3) is 0 Å². The number of ether oxygens (including phenoxy) is 1. The monoisotopic (exact) mass is 475 g/mol. The van der Waals surface area contributed by atoms with E-state index in [1.54, 1.807) is 37.4 Å². The summed E-state index contributed by atoms with van der Waals surface area (Å²) in [7, 11) is -2.86. The molecule has 0 aliphatic rings. The first-order valence-electron chi connectivity index (χ1n) is 9.97. The Morgan fingerprint density at radius 2 is 2.00 bits per heavy atom. The third-order valence-electron chi connectivity index (χ3n) is 4.74. The average Bonchev–Trinajstić information content (AvgIpc) is 3.23. The van der Waals surface area contributed by atoms with Crippen LogP contribution < -0.4 is 14.8 Å². The molecule has 170 valence electrons. The van der Waals surface area contributed by atoms with Gasteiger partial charge < -0.3 is 10.1 Å². The molecule has 0 saturated heterocycles. The summed E-state index contributed by atoms with van der Waals surface area (Å²) < 4.78 is 39.2. The number of benzene rings is 2. The van der Waals surface area contributed by atoms with Gasteiger partial charge in [-0.05, 0) is 35.7 Å². The SMILES string of the molecule is CCc1csc(C(Cc2ccccc2NS(=O)(=O)O)NC(=O)Cc2cccc(OC)c2)n1. The highest BCUT2D eigenvalue weighted by Gasteiger charge is 2.21. The van der Waals surface area contributed by atoms with Crippen molar-refractivity contribution in [2.24, 2.45) is 0 Å². The predicted molar refractivity (Wildman–Crippen MR) is 124 cm³/mol. The molecule has 1 heterocycles. The maximum atomic E-state index is 12.8. The first-order valence-corrected chi connectivity index (χ1v) is 12.3. The van der Waals surface area contributed by atoms with Gasteiger partial charge in [0.15, 0.2) is 0 Å². The topological polar surface area (TPSA) is 118 Å². The number of hydrogen-bond acceptors (Lipinski definition) is 6. The standard InChI is InChI=1S/C22H25N3O5S2/c1-3-17-14-31-22(23-17)20(13-16-8-4-5-10-19(16)25-32(27,28)29)24-21(26)12-15-7-6-9-18(11-15)30-2/h4-11,14,20,25H,3,12-13H2,1-2H3,(H,24,26)(H,27,28,29). The highest BCUT2D eigenvalue weighted by Crippen LogP contribution is 2.27. The molecular formula is C22H25N3O5S2. The lowest BCUT2D eigenvalue weighted by molar-refractivity contribution is -0.121. The lowest BCUT2D eigenvalue weighted by Gasteiger charge is -2.19. The number of aryl methyl sites for hydroxylation is 1. The van der Waals surface area contributed by atoms with Crippen molar-refractivity contribution in [3.8, 4) is 5.75 Å². The van der Waals surface area contributed by atoms with Crippen LogP contribution in [-0.2, 0) is 34.4 Å². The minimum Gasteiger partial charge on any atom is -0.497 e. The van der Waals surface area contributed by atoms with Crippen LogP contribution in [0.2, 0.25) is 0 Å². The summed E-state index contributed by atoms with van der Waals surface area (Å²) in [6, 6.07) is 13.5. The van der Waals surface area contributed by atoms with Crippen LogP contribution in [0.15, 0.2) is 53.9 Å². The maximum Gasteiger partial charge on any atom is 0.357 e. The molecule has 0 aliphatic carbocycles. The Kier molecular flexibility index (Phi) is 7.84. The average molecular weight is 476 g/mol. The van der Waals surface area contributed by atoms with E-state index in [4.69, 9.17) is 4.74 Å². The fourth-order valence-electron chi connectivity index (χ4n) is 3.22. The molecule has 1 aromatic heterocycles. The third kappa shape index (κ3) is 6.78. The minimum absolute atomic E-state index is 0.157. The number of amides is 1. The van der Waals surface area contributed by atoms with E-state index < -0.39 is 16.3 Å². The Morgan fingerprint density at radius 3 is 2.69 bits per heavy atom. The number of rotatable bonds is 10. The number of carbonyl (C=O) groups is 1. The summed E-state index contributed by atoms with van der Waals surface area (Å²) >= 11 is 1.44. The molecule has 8 nitrogen and oxygen atoms in total. The Hall–Kier alpha value is -2.95. The smallest absolute Gasteiger partial charge is 0.357 e. The van der Waals surface area contributed by atoms with Gasteiger partial charge in [0, 0.05) is 11.8 Å². The van der Waals surface area contributed by atoms with Gasteiger partial charge in [0.2, 0.25) is 5.91 Å². The van der Waals surface area contributed by atoms with Crippen molar-refractivity contribution >= 4 is 33.2 Å². The normalized spacial score (nSPS) is 12.2. The van der Waals surface area contributed by atoms with Gasteiger partial charge in [-0.3, -0.25) is 14.1 Å². The third-order valence-corrected chi connectivity index (χ3v) is 6.23. The summed E-state index contributed by atoms with van der Waals surface area (Å²) in [6.07, 6.45) is 1.21. The minimum atomic E-state index is -4.43. The molecule has 3 N–H and O–H groups in total. The number of nitrogens with one attached hydrogen (secondary N) is 2. The van der Waals surface area contributed by atoms with Crippen molar-refractivity contribution in [3.05, 3.63) is 75.7 Å². The van der Waals surface area contributed by atoms with E-state index in [-0.39, 0.29) is 18.0 Å². The zero-order valence-corrected chi connectivity index (χ0v) is 19.4. The van der Waals surface area contributed by atoms with Crippen LogP contribution in [0.3, 0.4) is 0 Å². The van der Waals surface area contributed by atoms with Gasteiger partial charge >= 0.3 is 10.3 Å². The molecule has 0 bridgehead atoms. The van der Waals surface area contributed by atoms with Gasteiger partial charge in [-0.15, -0.1) is 11.3 Å². The van der Waals surface area contributed by atoms with Gasteiger partial charge in [-0.25, -0.2) is 4.98 Å². The van der Waals surface area contributed by atoms with E-state index in [2.05, 4.69) is 15.0 Å². The van der Waals surface area contributed by atoms with E-state index in [1.807, 2.05) is 30.5 Å². The van der Waals surface area contributed by atoms with Crippen molar-refractivity contribution < 1.29 is 22.5 Å². The maximum absolute atomic E-state index is 12.8. The van der Waals surface area contributed by atoms with Crippen LogP contribution in [0.5, 0.6) is 5.75 Å². The molecule has 1 amide bonds. The van der Waals surface area contributed by atoms with E-state index in [1.165, 1.54) is 11.3 Å². The summed E-state index contributed by atoms with van der Waals surface area (Å²) in [4.78, 5) is 17.5. The van der Waals surface area contributed by atoms with Crippen LogP contribution in [0, 0.1) is 0 Å². The number of para-hydroxylation sites is 1. The number of nitrogens with zero attached hydrogens (tertiary/aromatic N) is 1. The molecule has 3 rings (SSSR count). The first-order chi connectivity index (χ1) is 15.3. The molecule has 1 unspecified atom stereocenters. The number of anilines is 1. The Bertz CT molecular complexity index is 1180. The molecule has 0 saturated carbocycles. The summed E-state index contributed by atoms with van der Waals surface area (Å²) in [5, 5.41) is 5.69. The fraction of sp³-hybridized carbons (Fsp3) is 0.273. The molecule has 0 radical (unpaired) electrons. The zero-order chi connectivity index (χ0) is 23.1. The van der Waals surface area contributed by atoms with Crippen molar-refractivity contribution in [2.75, 3.05) is 11.8 Å². The summed E-state index contributed by atoms with van der Waals surface area (Å²) in [5.41, 5.74) is 2.59. The van der Waals surface area contributed by atoms with Crippen molar-refractivity contribution in [1.82, 2.24) is 10.3 Å². The number of aromatic nitrogens is 1. The van der Waals surface area contributed by atoms with Gasteiger partial charge in [-0.2, -0.15) is 8.42 Å². The van der Waals surface area contributed by atoms with Gasteiger partial charge in [0.1, 0.15) is 10.8 Å². The molecule has 3 aromatic rings. The predicted octanol–water partition coefficient (Wildman–Crippen LogP) is 3.57. The number of hydrogen-bond donors (Lipinski definition) is 3. The second-order valence-electron chi connectivity index (χ2n) is 7.12. The highest BCUT2D eigenvalue weighted by atomic mass is 32.2. The largest absolute Gasteiger partial charge is 0.497 e. The van der Waals surface area contributed by atoms with Gasteiger partial charge in [-0.1, -0.05) is 37.3 Å². The highest BCUT2D eigenvalue weighted by molar-refractivity contribution is 7.87. The van der Waals surface area contributed by atoms with E-state index >= 15 is 0 Å². The second-order valence-corrected chi connectivity index (χ2v) is 9.16. The lowest BCUT2D eigenvalue weighted by Crippen LogP contribution is -2.31. The van der Waals surface area contributed by atoms with Crippen LogP contribution in [0.4, 0.5) is 5.69 Å². The van der Waals surface area contributed by atoms with Crippen LogP contribution in [0.1, 0.15) is 34.8 Å². The molecule has 2 aromatic carbocycles. The molecule has 0 spiro atoms. The quantitative estimate of drug-likeness (QED) is 0.386. The molecule has 0 aliphatic heterocycles. The van der Waals surface area contributed by atoms with Crippen LogP contribution >= 0.6 is 11.3 Å². The van der Waals surface area contributed by atoms with Gasteiger partial charge in [0.25, 0.3) is 0 Å². The van der Waals surface area contributed by atoms with E-state index in [0.717, 1.165) is 22.7 Å². The Morgan fingerprint density at radius 1 is 1.22 bits per heavy atom. The van der Waals surface area contributed by atoms with Crippen molar-refractivity contribution in [1.29, 1.82) is 0 Å². The zero-order valence-electron chi connectivity index (χ0n) is 17.7. The Balaban J connectivity index is 1.84. The van der Waals surface area contributed by atoms with E-state index in [0.29, 0.717) is 17.7 Å². The second kappa shape index (κ2) is 10.6.